The largest absolute Gasteiger partial charge is 0.383 e. The highest BCUT2D eigenvalue weighted by Gasteiger charge is 2.27. The number of nitrogens with two attached hydrogens (primary N) is 1. The first-order valence-electron chi connectivity index (χ1n) is 9.16. The van der Waals surface area contributed by atoms with Crippen LogP contribution < -0.4 is 5.73 Å². The number of carbonyl (C=O) groups is 1. The van der Waals surface area contributed by atoms with Gasteiger partial charge in [0.15, 0.2) is 5.78 Å². The first-order chi connectivity index (χ1) is 12.7. The minimum Gasteiger partial charge on any atom is -0.383 e. The lowest BCUT2D eigenvalue weighted by Crippen LogP contribution is -2.38. The number of benzene rings is 2. The third-order valence-electron chi connectivity index (χ3n) is 5.25. The fourth-order valence-electron chi connectivity index (χ4n) is 3.90. The van der Waals surface area contributed by atoms with Crippen LogP contribution in [0.25, 0.3) is 10.8 Å². The number of ketones is 1. The second-order valence-corrected chi connectivity index (χ2v) is 7.01. The molecule has 4 rings (SSSR count). The van der Waals surface area contributed by atoms with Crippen molar-refractivity contribution in [1.29, 1.82) is 0 Å². The molecule has 0 bridgehead atoms. The molecule has 0 radical (unpaired) electrons. The van der Waals surface area contributed by atoms with E-state index >= 15 is 0 Å². The summed E-state index contributed by atoms with van der Waals surface area (Å²) in [7, 11) is 0. The van der Waals surface area contributed by atoms with Gasteiger partial charge in [-0.3, -0.25) is 9.69 Å². The average molecular weight is 345 g/mol. The zero-order chi connectivity index (χ0) is 17.9. The van der Waals surface area contributed by atoms with Crippen molar-refractivity contribution < 1.29 is 4.79 Å². The van der Waals surface area contributed by atoms with Crippen LogP contribution in [0.15, 0.2) is 60.8 Å². The third kappa shape index (κ3) is 3.33. The normalized spacial score (nSPS) is 18.1. The maximum Gasteiger partial charge on any atom is 0.167 e. The van der Waals surface area contributed by atoms with Crippen molar-refractivity contribution in [2.24, 2.45) is 5.92 Å². The standard InChI is InChI=1S/C22H23N3O/c23-22-18(8-4-12-24-22)15-25-13-5-9-17(14-25)21(26)20-11-3-7-16-6-1-2-10-19(16)20/h1-4,6-8,10-12,17H,5,9,13-15H2,(H2,23,24)/t17-/m1/s1. The Morgan fingerprint density at radius 2 is 1.96 bits per heavy atom. The van der Waals surface area contributed by atoms with Gasteiger partial charge >= 0.3 is 0 Å². The number of fused-ring (bicyclic) bond motifs is 1. The Labute approximate surface area is 153 Å². The first kappa shape index (κ1) is 16.7. The summed E-state index contributed by atoms with van der Waals surface area (Å²) >= 11 is 0. The molecule has 4 heteroatoms. The molecule has 0 saturated carbocycles. The van der Waals surface area contributed by atoms with Crippen molar-refractivity contribution in [3.63, 3.8) is 0 Å². The van der Waals surface area contributed by atoms with Crippen LogP contribution in [0.2, 0.25) is 0 Å². The molecule has 1 aliphatic rings. The molecule has 0 amide bonds. The Morgan fingerprint density at radius 3 is 2.85 bits per heavy atom. The highest BCUT2D eigenvalue weighted by atomic mass is 16.1. The molecule has 2 N–H and O–H groups in total. The molecule has 1 atom stereocenters. The van der Waals surface area contributed by atoms with Gasteiger partial charge in [0, 0.05) is 36.3 Å². The van der Waals surface area contributed by atoms with Crippen LogP contribution in [0.3, 0.4) is 0 Å². The first-order valence-corrected chi connectivity index (χ1v) is 9.16. The van der Waals surface area contributed by atoms with Gasteiger partial charge in [-0.05, 0) is 36.2 Å². The Balaban J connectivity index is 1.54. The quantitative estimate of drug-likeness (QED) is 0.728. The minimum atomic E-state index is 0.0347. The number of hydrogen-bond acceptors (Lipinski definition) is 4. The lowest BCUT2D eigenvalue weighted by Gasteiger charge is -2.32. The van der Waals surface area contributed by atoms with Crippen LogP contribution in [0.4, 0.5) is 5.82 Å². The molecule has 0 unspecified atom stereocenters. The molecular formula is C22H23N3O. The Kier molecular flexibility index (Phi) is 4.67. The van der Waals surface area contributed by atoms with Crippen LogP contribution in [-0.4, -0.2) is 28.8 Å². The van der Waals surface area contributed by atoms with E-state index in [1.807, 2.05) is 42.5 Å². The van der Waals surface area contributed by atoms with Crippen LogP contribution in [0, 0.1) is 5.92 Å². The van der Waals surface area contributed by atoms with Gasteiger partial charge in [-0.1, -0.05) is 48.5 Å². The number of piperidine rings is 1. The third-order valence-corrected chi connectivity index (χ3v) is 5.25. The topological polar surface area (TPSA) is 59.2 Å². The zero-order valence-electron chi connectivity index (χ0n) is 14.8. The van der Waals surface area contributed by atoms with Crippen molar-refractivity contribution in [2.75, 3.05) is 18.8 Å². The van der Waals surface area contributed by atoms with E-state index in [1.54, 1.807) is 6.20 Å². The number of Topliss-reactive ketones (excluding diaryl/α,β-unsaturated/α-hetero) is 1. The molecule has 4 nitrogen and oxygen atoms in total. The van der Waals surface area contributed by atoms with E-state index in [4.69, 9.17) is 5.73 Å². The summed E-state index contributed by atoms with van der Waals surface area (Å²) in [6.45, 7) is 2.52. The molecule has 3 aromatic rings. The van der Waals surface area contributed by atoms with Gasteiger partial charge < -0.3 is 5.73 Å². The van der Waals surface area contributed by atoms with E-state index in [-0.39, 0.29) is 11.7 Å². The minimum absolute atomic E-state index is 0.0347. The van der Waals surface area contributed by atoms with Crippen molar-refractivity contribution in [3.05, 3.63) is 71.9 Å². The molecule has 2 heterocycles. The summed E-state index contributed by atoms with van der Waals surface area (Å²) in [6, 6.07) is 18.0. The molecule has 2 aromatic carbocycles. The number of anilines is 1. The number of nitrogens with zero attached hydrogens (tertiary/aromatic N) is 2. The maximum absolute atomic E-state index is 13.2. The number of rotatable bonds is 4. The second kappa shape index (κ2) is 7.26. The molecule has 1 aromatic heterocycles. The number of aromatic nitrogens is 1. The Morgan fingerprint density at radius 1 is 1.12 bits per heavy atom. The molecule has 0 spiro atoms. The number of likely N-dealkylation sites (tertiary alicyclic amines) is 1. The van der Waals surface area contributed by atoms with Crippen molar-refractivity contribution in [3.8, 4) is 0 Å². The fraction of sp³-hybridized carbons (Fsp3) is 0.273. The second-order valence-electron chi connectivity index (χ2n) is 7.01. The van der Waals surface area contributed by atoms with Crippen molar-refractivity contribution in [2.45, 2.75) is 19.4 Å². The summed E-state index contributed by atoms with van der Waals surface area (Å²) in [4.78, 5) is 19.7. The van der Waals surface area contributed by atoms with E-state index in [0.29, 0.717) is 5.82 Å². The van der Waals surface area contributed by atoms with Crippen LogP contribution in [0.1, 0.15) is 28.8 Å². The van der Waals surface area contributed by atoms with Gasteiger partial charge in [0.1, 0.15) is 5.82 Å². The predicted octanol–water partition coefficient (Wildman–Crippen LogP) is 3.91. The van der Waals surface area contributed by atoms with Crippen molar-refractivity contribution >= 4 is 22.4 Å². The summed E-state index contributed by atoms with van der Waals surface area (Å²) in [5.41, 5.74) is 7.86. The molecule has 26 heavy (non-hydrogen) atoms. The predicted molar refractivity (Wildman–Crippen MR) is 105 cm³/mol. The summed E-state index contributed by atoms with van der Waals surface area (Å²) in [5.74, 6) is 0.869. The number of hydrogen-bond donors (Lipinski definition) is 1. The smallest absolute Gasteiger partial charge is 0.167 e. The van der Waals surface area contributed by atoms with Crippen molar-refractivity contribution in [1.82, 2.24) is 9.88 Å². The Hall–Kier alpha value is -2.72. The van der Waals surface area contributed by atoms with Gasteiger partial charge in [-0.15, -0.1) is 0 Å². The van der Waals surface area contributed by atoms with Crippen LogP contribution in [0.5, 0.6) is 0 Å². The number of pyridine rings is 1. The molecule has 1 saturated heterocycles. The highest BCUT2D eigenvalue weighted by molar-refractivity contribution is 6.09. The van der Waals surface area contributed by atoms with Gasteiger partial charge in [0.05, 0.1) is 0 Å². The lowest BCUT2D eigenvalue weighted by molar-refractivity contribution is 0.0813. The number of nitrogen functional groups attached to an aromatic ring is 1. The van der Waals surface area contributed by atoms with E-state index in [2.05, 4.69) is 22.0 Å². The summed E-state index contributed by atoms with van der Waals surface area (Å²) < 4.78 is 0. The molecule has 132 valence electrons. The van der Waals surface area contributed by atoms with E-state index in [0.717, 1.165) is 54.4 Å². The van der Waals surface area contributed by atoms with Gasteiger partial charge in [0.2, 0.25) is 0 Å². The highest BCUT2D eigenvalue weighted by Crippen LogP contribution is 2.27. The molecule has 0 aliphatic carbocycles. The molecule has 1 aliphatic heterocycles. The fourth-order valence-corrected chi connectivity index (χ4v) is 3.90. The van der Waals surface area contributed by atoms with Gasteiger partial charge in [-0.2, -0.15) is 0 Å². The van der Waals surface area contributed by atoms with Gasteiger partial charge in [0.25, 0.3) is 0 Å². The maximum atomic E-state index is 13.2. The van der Waals surface area contributed by atoms with E-state index in [9.17, 15) is 4.79 Å². The SMILES string of the molecule is Nc1ncccc1CN1CCC[C@@H](C(=O)c2cccc3ccccc23)C1. The Bertz CT molecular complexity index is 932. The van der Waals surface area contributed by atoms with E-state index in [1.165, 1.54) is 0 Å². The lowest BCUT2D eigenvalue weighted by atomic mass is 9.88. The van der Waals surface area contributed by atoms with Crippen LogP contribution >= 0.6 is 0 Å². The zero-order valence-corrected chi connectivity index (χ0v) is 14.8. The van der Waals surface area contributed by atoms with Crippen LogP contribution in [-0.2, 0) is 6.54 Å². The molecule has 1 fully saturated rings. The van der Waals surface area contributed by atoms with Gasteiger partial charge in [-0.25, -0.2) is 4.98 Å². The summed E-state index contributed by atoms with van der Waals surface area (Å²) in [5, 5.41) is 2.17. The van der Waals surface area contributed by atoms with E-state index < -0.39 is 0 Å². The monoisotopic (exact) mass is 345 g/mol. The average Bonchev–Trinajstić information content (AvgIpc) is 2.69. The summed E-state index contributed by atoms with van der Waals surface area (Å²) in [6.07, 6.45) is 3.68. The number of carbonyl (C=O) groups excluding carboxylic acids is 1. The molecular weight excluding hydrogens is 322 g/mol.